The van der Waals surface area contributed by atoms with Crippen molar-refractivity contribution in [2.75, 3.05) is 18.6 Å². The minimum atomic E-state index is -0.844. The van der Waals surface area contributed by atoms with E-state index in [0.717, 1.165) is 4.90 Å². The number of benzene rings is 2. The van der Waals surface area contributed by atoms with Crippen LogP contribution in [0, 0.1) is 0 Å². The van der Waals surface area contributed by atoms with E-state index in [-0.39, 0.29) is 24.3 Å². The molecule has 0 aromatic heterocycles. The number of anilines is 1. The molecule has 1 aliphatic rings. The Morgan fingerprint density at radius 1 is 1.06 bits per heavy atom. The molecule has 7 heteroatoms. The summed E-state index contributed by atoms with van der Waals surface area (Å²) in [5.41, 5.74) is 0.919. The van der Waals surface area contributed by atoms with Gasteiger partial charge in [0.25, 0.3) is 11.8 Å². The van der Waals surface area contributed by atoms with Crippen molar-refractivity contribution in [3.8, 4) is 11.5 Å². The molecule has 0 saturated carbocycles. The van der Waals surface area contributed by atoms with Crippen LogP contribution in [0.25, 0.3) is 0 Å². The highest BCUT2D eigenvalue weighted by Crippen LogP contribution is 2.30. The molecule has 1 aliphatic heterocycles. The SMILES string of the molecule is CCOc1ccc(N2C(=O)CC(N(C(=O)c3ccc(OC)cc3)C(C)CC)C2=O)cc1. The summed E-state index contributed by atoms with van der Waals surface area (Å²) in [6, 6.07) is 12.5. The van der Waals surface area contributed by atoms with E-state index in [9.17, 15) is 14.4 Å². The normalized spacial score (nSPS) is 16.9. The van der Waals surface area contributed by atoms with Gasteiger partial charge >= 0.3 is 0 Å². The van der Waals surface area contributed by atoms with E-state index in [1.807, 2.05) is 20.8 Å². The van der Waals surface area contributed by atoms with Crippen molar-refractivity contribution in [1.82, 2.24) is 4.90 Å². The maximum Gasteiger partial charge on any atom is 0.257 e. The lowest BCUT2D eigenvalue weighted by atomic mass is 10.1. The number of carbonyl (C=O) groups excluding carboxylic acids is 3. The molecule has 2 aromatic carbocycles. The predicted molar refractivity (Wildman–Crippen MR) is 117 cm³/mol. The van der Waals surface area contributed by atoms with E-state index in [2.05, 4.69) is 0 Å². The van der Waals surface area contributed by atoms with Crippen molar-refractivity contribution in [2.45, 2.75) is 45.7 Å². The highest BCUT2D eigenvalue weighted by molar-refractivity contribution is 6.23. The molecule has 1 fully saturated rings. The van der Waals surface area contributed by atoms with Gasteiger partial charge in [-0.15, -0.1) is 0 Å². The van der Waals surface area contributed by atoms with Crippen LogP contribution in [0.5, 0.6) is 11.5 Å². The molecule has 1 heterocycles. The first-order chi connectivity index (χ1) is 14.9. The van der Waals surface area contributed by atoms with Crippen LogP contribution >= 0.6 is 0 Å². The van der Waals surface area contributed by atoms with Crippen molar-refractivity contribution in [1.29, 1.82) is 0 Å². The molecule has 0 bridgehead atoms. The second-order valence-corrected chi connectivity index (χ2v) is 7.41. The molecule has 3 amide bonds. The molecule has 0 spiro atoms. The molecular formula is C24H28N2O5. The number of methoxy groups -OCH3 is 1. The van der Waals surface area contributed by atoms with Crippen LogP contribution in [0.15, 0.2) is 48.5 Å². The molecular weight excluding hydrogens is 396 g/mol. The maximum atomic E-state index is 13.3. The van der Waals surface area contributed by atoms with Gasteiger partial charge in [0.2, 0.25) is 5.91 Å². The molecule has 7 nitrogen and oxygen atoms in total. The second kappa shape index (κ2) is 9.64. The fourth-order valence-electron chi connectivity index (χ4n) is 3.69. The maximum absolute atomic E-state index is 13.3. The van der Waals surface area contributed by atoms with Crippen molar-refractivity contribution in [2.24, 2.45) is 0 Å². The Morgan fingerprint density at radius 3 is 2.23 bits per heavy atom. The van der Waals surface area contributed by atoms with Crippen molar-refractivity contribution in [3.05, 3.63) is 54.1 Å². The molecule has 0 N–H and O–H groups in total. The molecule has 0 aliphatic carbocycles. The van der Waals surface area contributed by atoms with Gasteiger partial charge in [0.15, 0.2) is 0 Å². The zero-order valence-electron chi connectivity index (χ0n) is 18.3. The standard InChI is InChI=1S/C24H28N2O5/c1-5-16(3)25(23(28)17-7-11-19(30-4)12-8-17)21-15-22(27)26(24(21)29)18-9-13-20(14-10-18)31-6-2/h7-14,16,21H,5-6,15H2,1-4H3. The number of imide groups is 1. The number of amides is 3. The zero-order valence-corrected chi connectivity index (χ0v) is 18.3. The summed E-state index contributed by atoms with van der Waals surface area (Å²) in [4.78, 5) is 42.1. The Balaban J connectivity index is 1.88. The van der Waals surface area contributed by atoms with Gasteiger partial charge in [-0.1, -0.05) is 6.92 Å². The minimum absolute atomic E-state index is 0.0434. The van der Waals surface area contributed by atoms with E-state index in [0.29, 0.717) is 35.8 Å². The lowest BCUT2D eigenvalue weighted by Gasteiger charge is -2.33. The van der Waals surface area contributed by atoms with E-state index in [1.165, 1.54) is 4.90 Å². The topological polar surface area (TPSA) is 76.2 Å². The molecule has 1 saturated heterocycles. The smallest absolute Gasteiger partial charge is 0.257 e. The summed E-state index contributed by atoms with van der Waals surface area (Å²) in [5.74, 6) is 0.307. The molecule has 0 radical (unpaired) electrons. The Hall–Kier alpha value is -3.35. The largest absolute Gasteiger partial charge is 0.497 e. The lowest BCUT2D eigenvalue weighted by Crippen LogP contribution is -2.49. The van der Waals surface area contributed by atoms with Gasteiger partial charge in [0, 0.05) is 11.6 Å². The molecule has 2 aromatic rings. The highest BCUT2D eigenvalue weighted by atomic mass is 16.5. The van der Waals surface area contributed by atoms with Crippen LogP contribution in [0.4, 0.5) is 5.69 Å². The fraction of sp³-hybridized carbons (Fsp3) is 0.375. The highest BCUT2D eigenvalue weighted by Gasteiger charge is 2.45. The van der Waals surface area contributed by atoms with Crippen LogP contribution in [-0.4, -0.2) is 48.4 Å². The summed E-state index contributed by atoms with van der Waals surface area (Å²) in [6.07, 6.45) is 0.612. The van der Waals surface area contributed by atoms with Gasteiger partial charge in [-0.3, -0.25) is 14.4 Å². The van der Waals surface area contributed by atoms with Crippen molar-refractivity contribution < 1.29 is 23.9 Å². The minimum Gasteiger partial charge on any atom is -0.497 e. The van der Waals surface area contributed by atoms with E-state index >= 15 is 0 Å². The second-order valence-electron chi connectivity index (χ2n) is 7.41. The number of hydrogen-bond donors (Lipinski definition) is 0. The first-order valence-corrected chi connectivity index (χ1v) is 10.5. The molecule has 3 rings (SSSR count). The van der Waals surface area contributed by atoms with Gasteiger partial charge < -0.3 is 14.4 Å². The van der Waals surface area contributed by atoms with Crippen molar-refractivity contribution in [3.63, 3.8) is 0 Å². The number of carbonyl (C=O) groups is 3. The summed E-state index contributed by atoms with van der Waals surface area (Å²) in [7, 11) is 1.56. The Morgan fingerprint density at radius 2 is 1.68 bits per heavy atom. The third-order valence-corrected chi connectivity index (χ3v) is 5.50. The predicted octanol–water partition coefficient (Wildman–Crippen LogP) is 3.67. The number of rotatable bonds is 8. The average molecular weight is 424 g/mol. The van der Waals surface area contributed by atoms with E-state index < -0.39 is 11.9 Å². The zero-order chi connectivity index (χ0) is 22.5. The van der Waals surface area contributed by atoms with Crippen LogP contribution in [0.2, 0.25) is 0 Å². The summed E-state index contributed by atoms with van der Waals surface area (Å²) in [6.45, 7) is 6.25. The first kappa shape index (κ1) is 22.3. The van der Waals surface area contributed by atoms with Crippen LogP contribution in [0.1, 0.15) is 44.0 Å². The summed E-state index contributed by atoms with van der Waals surface area (Å²) >= 11 is 0. The Labute approximate surface area is 182 Å². The summed E-state index contributed by atoms with van der Waals surface area (Å²) in [5, 5.41) is 0. The quantitative estimate of drug-likeness (QED) is 0.605. The fourth-order valence-corrected chi connectivity index (χ4v) is 3.69. The van der Waals surface area contributed by atoms with Gasteiger partial charge in [-0.2, -0.15) is 0 Å². The Kier molecular flexibility index (Phi) is 6.95. The van der Waals surface area contributed by atoms with Crippen LogP contribution < -0.4 is 14.4 Å². The van der Waals surface area contributed by atoms with Crippen LogP contribution in [-0.2, 0) is 9.59 Å². The van der Waals surface area contributed by atoms with E-state index in [4.69, 9.17) is 9.47 Å². The van der Waals surface area contributed by atoms with Crippen LogP contribution in [0.3, 0.4) is 0 Å². The Bertz CT molecular complexity index is 939. The molecule has 31 heavy (non-hydrogen) atoms. The number of hydrogen-bond acceptors (Lipinski definition) is 5. The molecule has 2 unspecified atom stereocenters. The van der Waals surface area contributed by atoms with Gasteiger partial charge in [0.05, 0.1) is 25.8 Å². The third kappa shape index (κ3) is 4.55. The molecule has 164 valence electrons. The number of nitrogens with zero attached hydrogens (tertiary/aromatic N) is 2. The first-order valence-electron chi connectivity index (χ1n) is 10.5. The van der Waals surface area contributed by atoms with Gasteiger partial charge in [-0.25, -0.2) is 4.90 Å². The van der Waals surface area contributed by atoms with E-state index in [1.54, 1.807) is 55.6 Å². The summed E-state index contributed by atoms with van der Waals surface area (Å²) < 4.78 is 10.6. The monoisotopic (exact) mass is 424 g/mol. The van der Waals surface area contributed by atoms with Gasteiger partial charge in [0.1, 0.15) is 17.5 Å². The molecule has 2 atom stereocenters. The van der Waals surface area contributed by atoms with Gasteiger partial charge in [-0.05, 0) is 68.8 Å². The van der Waals surface area contributed by atoms with Crippen molar-refractivity contribution >= 4 is 23.4 Å². The number of ether oxygens (including phenoxy) is 2. The lowest BCUT2D eigenvalue weighted by molar-refractivity contribution is -0.122. The third-order valence-electron chi connectivity index (χ3n) is 5.50. The average Bonchev–Trinajstić information content (AvgIpc) is 3.08.